The predicted octanol–water partition coefficient (Wildman–Crippen LogP) is 3.02. The molecule has 0 radical (unpaired) electrons. The zero-order valence-electron chi connectivity index (χ0n) is 15.0. The van der Waals surface area contributed by atoms with Gasteiger partial charge in [-0.15, -0.1) is 0 Å². The minimum Gasteiger partial charge on any atom is -0.493 e. The first-order valence-electron chi connectivity index (χ1n) is 8.64. The number of amides is 2. The van der Waals surface area contributed by atoms with Crippen LogP contribution >= 0.6 is 0 Å². The fraction of sp³-hybridized carbons (Fsp3) is 0.143. The van der Waals surface area contributed by atoms with Crippen molar-refractivity contribution in [1.29, 1.82) is 0 Å². The summed E-state index contributed by atoms with van der Waals surface area (Å²) in [6.45, 7) is 2.20. The van der Waals surface area contributed by atoms with Crippen LogP contribution in [0.5, 0.6) is 5.75 Å². The minimum atomic E-state index is -0.382. The van der Waals surface area contributed by atoms with E-state index in [2.05, 4.69) is 10.9 Å². The summed E-state index contributed by atoms with van der Waals surface area (Å²) in [7, 11) is 0. The average molecular weight is 363 g/mol. The maximum absolute atomic E-state index is 12.4. The number of carbonyl (C=O) groups excluding carboxylic acids is 2. The summed E-state index contributed by atoms with van der Waals surface area (Å²) in [4.78, 5) is 24.4. The molecule has 0 saturated heterocycles. The average Bonchev–Trinajstić information content (AvgIpc) is 3.21. The van der Waals surface area contributed by atoms with Crippen LogP contribution < -0.4 is 15.6 Å². The number of benzene rings is 2. The number of ether oxygens (including phenoxy) is 1. The van der Waals surface area contributed by atoms with Crippen LogP contribution in [0.2, 0.25) is 0 Å². The van der Waals surface area contributed by atoms with E-state index in [1.54, 1.807) is 12.1 Å². The number of aromatic nitrogens is 1. The lowest BCUT2D eigenvalue weighted by molar-refractivity contribution is -0.122. The first kappa shape index (κ1) is 18.3. The van der Waals surface area contributed by atoms with Gasteiger partial charge in [0.25, 0.3) is 5.91 Å². The Labute approximate surface area is 157 Å². The summed E-state index contributed by atoms with van der Waals surface area (Å²) >= 11 is 0. The topological polar surface area (TPSA) is 72.4 Å². The second-order valence-corrected chi connectivity index (χ2v) is 6.02. The van der Waals surface area contributed by atoms with Crippen molar-refractivity contribution in [3.63, 3.8) is 0 Å². The van der Waals surface area contributed by atoms with E-state index >= 15 is 0 Å². The van der Waals surface area contributed by atoms with Crippen molar-refractivity contribution < 1.29 is 14.3 Å². The molecule has 1 aromatic heterocycles. The van der Waals surface area contributed by atoms with Gasteiger partial charge in [0.05, 0.1) is 24.3 Å². The first-order chi connectivity index (χ1) is 13.1. The van der Waals surface area contributed by atoms with E-state index in [1.165, 1.54) is 0 Å². The Hall–Kier alpha value is -3.54. The molecule has 0 aliphatic carbocycles. The molecule has 0 saturated carbocycles. The standard InChI is InChI=1S/C21H21N3O3/c1-16-7-6-8-17(15-16)27-14-11-20(25)22-23-21(26)18-9-2-3-10-19(18)24-12-4-5-13-24/h2-10,12-13,15H,11,14H2,1H3,(H,22,25)(H,23,26). The number of para-hydroxylation sites is 1. The molecular weight excluding hydrogens is 342 g/mol. The summed E-state index contributed by atoms with van der Waals surface area (Å²) in [5, 5.41) is 0. The van der Waals surface area contributed by atoms with Crippen molar-refractivity contribution in [3.05, 3.63) is 84.2 Å². The van der Waals surface area contributed by atoms with Gasteiger partial charge < -0.3 is 9.30 Å². The lowest BCUT2D eigenvalue weighted by Gasteiger charge is -2.12. The predicted molar refractivity (Wildman–Crippen MR) is 103 cm³/mol. The van der Waals surface area contributed by atoms with Gasteiger partial charge in [0.2, 0.25) is 5.91 Å². The van der Waals surface area contributed by atoms with Gasteiger partial charge >= 0.3 is 0 Å². The molecule has 0 unspecified atom stereocenters. The third kappa shape index (κ3) is 4.98. The van der Waals surface area contributed by atoms with Gasteiger partial charge in [-0.05, 0) is 48.9 Å². The Morgan fingerprint density at radius 3 is 2.52 bits per heavy atom. The molecule has 3 aromatic rings. The summed E-state index contributed by atoms with van der Waals surface area (Å²) in [6, 6.07) is 18.5. The highest BCUT2D eigenvalue weighted by atomic mass is 16.5. The van der Waals surface area contributed by atoms with Crippen LogP contribution in [0.4, 0.5) is 0 Å². The van der Waals surface area contributed by atoms with E-state index in [1.807, 2.05) is 72.4 Å². The highest BCUT2D eigenvalue weighted by Crippen LogP contribution is 2.14. The molecule has 2 aromatic carbocycles. The largest absolute Gasteiger partial charge is 0.493 e. The van der Waals surface area contributed by atoms with Gasteiger partial charge in [-0.3, -0.25) is 20.4 Å². The third-order valence-electron chi connectivity index (χ3n) is 3.93. The second kappa shape index (κ2) is 8.71. The van der Waals surface area contributed by atoms with Crippen molar-refractivity contribution >= 4 is 11.8 Å². The van der Waals surface area contributed by atoms with Crippen molar-refractivity contribution in [2.75, 3.05) is 6.61 Å². The van der Waals surface area contributed by atoms with Crippen molar-refractivity contribution in [2.24, 2.45) is 0 Å². The summed E-state index contributed by atoms with van der Waals surface area (Å²) in [5.41, 5.74) is 7.16. The highest BCUT2D eigenvalue weighted by Gasteiger charge is 2.12. The second-order valence-electron chi connectivity index (χ2n) is 6.02. The molecule has 0 bridgehead atoms. The lowest BCUT2D eigenvalue weighted by Crippen LogP contribution is -2.42. The maximum Gasteiger partial charge on any atom is 0.271 e. The van der Waals surface area contributed by atoms with Gasteiger partial charge in [-0.25, -0.2) is 0 Å². The SMILES string of the molecule is Cc1cccc(OCCC(=O)NNC(=O)c2ccccc2-n2cccc2)c1. The van der Waals surface area contributed by atoms with Crippen LogP contribution in [0, 0.1) is 6.92 Å². The van der Waals surface area contributed by atoms with Crippen LogP contribution in [0.25, 0.3) is 5.69 Å². The van der Waals surface area contributed by atoms with Gasteiger partial charge in [0.15, 0.2) is 0 Å². The summed E-state index contributed by atoms with van der Waals surface area (Å²) in [5.74, 6) is 0.00851. The quantitative estimate of drug-likeness (QED) is 0.661. The van der Waals surface area contributed by atoms with Gasteiger partial charge in [0, 0.05) is 12.4 Å². The van der Waals surface area contributed by atoms with Crippen LogP contribution in [-0.2, 0) is 4.79 Å². The van der Waals surface area contributed by atoms with E-state index in [4.69, 9.17) is 4.74 Å². The number of carbonyl (C=O) groups is 2. The number of hydrogen-bond acceptors (Lipinski definition) is 3. The van der Waals surface area contributed by atoms with Crippen LogP contribution in [0.1, 0.15) is 22.3 Å². The molecule has 3 rings (SSSR count). The normalized spacial score (nSPS) is 10.3. The number of aryl methyl sites for hydroxylation is 1. The molecule has 2 amide bonds. The molecular formula is C21H21N3O3. The van der Waals surface area contributed by atoms with Gasteiger partial charge in [0.1, 0.15) is 5.75 Å². The van der Waals surface area contributed by atoms with E-state index in [0.29, 0.717) is 11.3 Å². The molecule has 0 atom stereocenters. The number of hydrogen-bond donors (Lipinski definition) is 2. The number of nitrogens with one attached hydrogen (secondary N) is 2. The van der Waals surface area contributed by atoms with Gasteiger partial charge in [-0.1, -0.05) is 24.3 Å². The molecule has 0 aliphatic rings. The minimum absolute atomic E-state index is 0.132. The number of nitrogens with zero attached hydrogens (tertiary/aromatic N) is 1. The zero-order chi connectivity index (χ0) is 19.1. The highest BCUT2D eigenvalue weighted by molar-refractivity contribution is 5.98. The van der Waals surface area contributed by atoms with Crippen LogP contribution in [0.15, 0.2) is 73.1 Å². The van der Waals surface area contributed by atoms with Crippen molar-refractivity contribution in [2.45, 2.75) is 13.3 Å². The fourth-order valence-electron chi connectivity index (χ4n) is 2.61. The van der Waals surface area contributed by atoms with E-state index in [-0.39, 0.29) is 24.8 Å². The van der Waals surface area contributed by atoms with Crippen molar-refractivity contribution in [1.82, 2.24) is 15.4 Å². The molecule has 6 heteroatoms. The first-order valence-corrected chi connectivity index (χ1v) is 8.64. The molecule has 27 heavy (non-hydrogen) atoms. The number of hydrazine groups is 1. The molecule has 0 aliphatic heterocycles. The Balaban J connectivity index is 1.50. The Kier molecular flexibility index (Phi) is 5.89. The van der Waals surface area contributed by atoms with Crippen LogP contribution in [0.3, 0.4) is 0 Å². The molecule has 6 nitrogen and oxygen atoms in total. The fourth-order valence-corrected chi connectivity index (χ4v) is 2.61. The van der Waals surface area contributed by atoms with E-state index in [9.17, 15) is 9.59 Å². The smallest absolute Gasteiger partial charge is 0.271 e. The molecule has 0 spiro atoms. The summed E-state index contributed by atoms with van der Waals surface area (Å²) in [6.07, 6.45) is 3.84. The zero-order valence-corrected chi connectivity index (χ0v) is 15.0. The van der Waals surface area contributed by atoms with Crippen molar-refractivity contribution in [3.8, 4) is 11.4 Å². The Morgan fingerprint density at radius 2 is 1.74 bits per heavy atom. The lowest BCUT2D eigenvalue weighted by atomic mass is 10.1. The van der Waals surface area contributed by atoms with E-state index < -0.39 is 0 Å². The monoisotopic (exact) mass is 363 g/mol. The number of rotatable bonds is 6. The van der Waals surface area contributed by atoms with Crippen LogP contribution in [-0.4, -0.2) is 23.0 Å². The molecule has 0 fully saturated rings. The maximum atomic E-state index is 12.4. The van der Waals surface area contributed by atoms with Gasteiger partial charge in [-0.2, -0.15) is 0 Å². The van der Waals surface area contributed by atoms with E-state index in [0.717, 1.165) is 11.3 Å². The Morgan fingerprint density at radius 1 is 0.963 bits per heavy atom. The third-order valence-corrected chi connectivity index (χ3v) is 3.93. The molecule has 138 valence electrons. The Bertz CT molecular complexity index is 920. The molecule has 2 N–H and O–H groups in total. The summed E-state index contributed by atoms with van der Waals surface area (Å²) < 4.78 is 7.38. The molecule has 1 heterocycles.